The lowest BCUT2D eigenvalue weighted by molar-refractivity contribution is 0.321. The standard InChI is InChI=1S/C7H16N2.C2H6.CH5P/c1-4-9(3)6-7(2)5-8-7;2*1-2/h8H,4-6H2,1-3H3;1-2H3;2H2,1H3. The Morgan fingerprint density at radius 2 is 1.77 bits per heavy atom. The summed E-state index contributed by atoms with van der Waals surface area (Å²) in [4.78, 5) is 2.33. The highest BCUT2D eigenvalue weighted by molar-refractivity contribution is 7.15. The molecule has 0 spiro atoms. The van der Waals surface area contributed by atoms with E-state index in [0.29, 0.717) is 5.54 Å². The third-order valence-electron chi connectivity index (χ3n) is 1.94. The van der Waals surface area contributed by atoms with Crippen molar-refractivity contribution in [1.29, 1.82) is 0 Å². The molecule has 1 heterocycles. The van der Waals surface area contributed by atoms with E-state index in [1.807, 2.05) is 20.5 Å². The van der Waals surface area contributed by atoms with Crippen LogP contribution in [-0.4, -0.2) is 43.8 Å². The molecular weight excluding hydrogens is 179 g/mol. The van der Waals surface area contributed by atoms with Crippen LogP contribution in [-0.2, 0) is 0 Å². The van der Waals surface area contributed by atoms with Gasteiger partial charge in [-0.1, -0.05) is 27.4 Å². The minimum atomic E-state index is 0.449. The molecule has 1 fully saturated rings. The van der Waals surface area contributed by atoms with E-state index in [1.165, 1.54) is 13.1 Å². The predicted molar refractivity (Wildman–Crippen MR) is 66.6 cm³/mol. The van der Waals surface area contributed by atoms with Crippen molar-refractivity contribution in [2.75, 3.05) is 33.3 Å². The van der Waals surface area contributed by atoms with Crippen LogP contribution in [0.2, 0.25) is 0 Å². The van der Waals surface area contributed by atoms with Gasteiger partial charge in [0.25, 0.3) is 0 Å². The number of nitrogens with one attached hydrogen (secondary N) is 1. The third kappa shape index (κ3) is 8.67. The second-order valence-electron chi connectivity index (χ2n) is 3.24. The molecule has 0 aliphatic carbocycles. The van der Waals surface area contributed by atoms with Crippen LogP contribution >= 0.6 is 9.24 Å². The zero-order chi connectivity index (χ0) is 10.9. The fourth-order valence-electron chi connectivity index (χ4n) is 0.970. The Bertz CT molecular complexity index is 103. The minimum Gasteiger partial charge on any atom is -0.307 e. The molecule has 3 heteroatoms. The Balaban J connectivity index is 0. The summed E-state index contributed by atoms with van der Waals surface area (Å²) >= 11 is 0. The molecule has 1 aliphatic rings. The van der Waals surface area contributed by atoms with Crippen molar-refractivity contribution in [3.8, 4) is 0 Å². The summed E-state index contributed by atoms with van der Waals surface area (Å²) in [5.41, 5.74) is 0.449. The van der Waals surface area contributed by atoms with Crippen LogP contribution < -0.4 is 5.32 Å². The Morgan fingerprint density at radius 3 is 2.00 bits per heavy atom. The summed E-state index contributed by atoms with van der Waals surface area (Å²) in [6.45, 7) is 13.9. The van der Waals surface area contributed by atoms with Gasteiger partial charge in [0.05, 0.1) is 0 Å². The van der Waals surface area contributed by atoms with Gasteiger partial charge in [-0.05, 0) is 20.5 Å². The molecule has 2 nitrogen and oxygen atoms in total. The van der Waals surface area contributed by atoms with Crippen LogP contribution in [0.3, 0.4) is 0 Å². The SMILES string of the molecule is CC.CCN(C)CC1(C)CN1.CP. The van der Waals surface area contributed by atoms with Crippen molar-refractivity contribution in [2.45, 2.75) is 33.2 Å². The average Bonchev–Trinajstić information content (AvgIpc) is 2.90. The number of nitrogens with zero attached hydrogens (tertiary/aromatic N) is 1. The topological polar surface area (TPSA) is 25.2 Å². The summed E-state index contributed by atoms with van der Waals surface area (Å²) in [7, 11) is 4.57. The van der Waals surface area contributed by atoms with Gasteiger partial charge in [0.1, 0.15) is 0 Å². The van der Waals surface area contributed by atoms with E-state index in [0.717, 1.165) is 6.54 Å². The largest absolute Gasteiger partial charge is 0.307 e. The molecule has 0 saturated carbocycles. The van der Waals surface area contributed by atoms with E-state index in [-0.39, 0.29) is 0 Å². The Hall–Kier alpha value is 0.350. The number of likely N-dealkylation sites (N-methyl/N-ethyl adjacent to an activating group) is 1. The summed E-state index contributed by atoms with van der Waals surface area (Å²) in [6, 6.07) is 0. The second-order valence-corrected chi connectivity index (χ2v) is 3.24. The molecule has 0 bridgehead atoms. The summed E-state index contributed by atoms with van der Waals surface area (Å²) in [6.07, 6.45) is 0. The van der Waals surface area contributed by atoms with Gasteiger partial charge in [0.15, 0.2) is 0 Å². The number of hydrogen-bond acceptors (Lipinski definition) is 2. The monoisotopic (exact) mass is 206 g/mol. The first-order chi connectivity index (χ1) is 6.16. The molecular formula is C10H27N2P. The van der Waals surface area contributed by atoms with Crippen molar-refractivity contribution in [2.24, 2.45) is 0 Å². The fourth-order valence-corrected chi connectivity index (χ4v) is 0.970. The molecule has 0 amide bonds. The molecule has 2 atom stereocenters. The lowest BCUT2D eigenvalue weighted by Crippen LogP contribution is -2.31. The molecule has 1 aliphatic heterocycles. The maximum atomic E-state index is 3.33. The minimum absolute atomic E-state index is 0.449. The fraction of sp³-hybridized carbons (Fsp3) is 1.00. The molecule has 1 N–H and O–H groups in total. The predicted octanol–water partition coefficient (Wildman–Crippen LogP) is 1.82. The maximum absolute atomic E-state index is 3.33. The Labute approximate surface area is 86.7 Å². The van der Waals surface area contributed by atoms with E-state index in [9.17, 15) is 0 Å². The van der Waals surface area contributed by atoms with Crippen molar-refractivity contribution in [3.63, 3.8) is 0 Å². The van der Waals surface area contributed by atoms with E-state index in [1.54, 1.807) is 0 Å². The highest BCUT2D eigenvalue weighted by Crippen LogP contribution is 2.15. The van der Waals surface area contributed by atoms with Gasteiger partial charge in [-0.15, -0.1) is 9.24 Å². The lowest BCUT2D eigenvalue weighted by Gasteiger charge is -2.16. The summed E-state index contributed by atoms with van der Waals surface area (Å²) in [5, 5.41) is 3.33. The van der Waals surface area contributed by atoms with Gasteiger partial charge in [0.2, 0.25) is 0 Å². The van der Waals surface area contributed by atoms with Crippen LogP contribution in [0.5, 0.6) is 0 Å². The van der Waals surface area contributed by atoms with Gasteiger partial charge in [-0.25, -0.2) is 0 Å². The van der Waals surface area contributed by atoms with Gasteiger partial charge < -0.3 is 10.2 Å². The van der Waals surface area contributed by atoms with Crippen molar-refractivity contribution in [1.82, 2.24) is 10.2 Å². The molecule has 1 rings (SSSR count). The Morgan fingerprint density at radius 1 is 1.38 bits per heavy atom. The van der Waals surface area contributed by atoms with Crippen LogP contribution in [0.1, 0.15) is 27.7 Å². The molecule has 0 radical (unpaired) electrons. The Kier molecular flexibility index (Phi) is 10.9. The first-order valence-electron chi connectivity index (χ1n) is 5.17. The molecule has 0 aromatic heterocycles. The highest BCUT2D eigenvalue weighted by atomic mass is 31.0. The van der Waals surface area contributed by atoms with Crippen LogP contribution in [0.15, 0.2) is 0 Å². The van der Waals surface area contributed by atoms with Gasteiger partial charge in [-0.3, -0.25) is 0 Å². The molecule has 1 saturated heterocycles. The molecule has 0 aromatic rings. The smallest absolute Gasteiger partial charge is 0.0406 e. The zero-order valence-corrected chi connectivity index (χ0v) is 11.3. The summed E-state index contributed by atoms with van der Waals surface area (Å²) in [5.74, 6) is 0. The van der Waals surface area contributed by atoms with Crippen molar-refractivity contribution < 1.29 is 0 Å². The van der Waals surface area contributed by atoms with E-state index in [4.69, 9.17) is 0 Å². The lowest BCUT2D eigenvalue weighted by atomic mass is 10.2. The van der Waals surface area contributed by atoms with Crippen LogP contribution in [0.25, 0.3) is 0 Å². The molecule has 0 aromatic carbocycles. The second kappa shape index (κ2) is 8.93. The van der Waals surface area contributed by atoms with Crippen LogP contribution in [0, 0.1) is 0 Å². The molecule has 2 unspecified atom stereocenters. The van der Waals surface area contributed by atoms with Crippen molar-refractivity contribution in [3.05, 3.63) is 0 Å². The van der Waals surface area contributed by atoms with Gasteiger partial charge in [0, 0.05) is 18.6 Å². The van der Waals surface area contributed by atoms with Crippen molar-refractivity contribution >= 4 is 9.24 Å². The molecule has 13 heavy (non-hydrogen) atoms. The first kappa shape index (κ1) is 15.8. The highest BCUT2D eigenvalue weighted by Gasteiger charge is 2.36. The quantitative estimate of drug-likeness (QED) is 0.563. The molecule has 82 valence electrons. The van der Waals surface area contributed by atoms with Gasteiger partial charge in [-0.2, -0.15) is 0 Å². The number of rotatable bonds is 3. The first-order valence-corrected chi connectivity index (χ1v) is 6.33. The zero-order valence-electron chi connectivity index (χ0n) is 10.1. The third-order valence-corrected chi connectivity index (χ3v) is 1.94. The van der Waals surface area contributed by atoms with Crippen LogP contribution in [0.4, 0.5) is 0 Å². The maximum Gasteiger partial charge on any atom is 0.0406 e. The van der Waals surface area contributed by atoms with E-state index in [2.05, 4.69) is 40.4 Å². The summed E-state index contributed by atoms with van der Waals surface area (Å²) < 4.78 is 0. The average molecular weight is 206 g/mol. The van der Waals surface area contributed by atoms with E-state index >= 15 is 0 Å². The van der Waals surface area contributed by atoms with Gasteiger partial charge >= 0.3 is 0 Å². The van der Waals surface area contributed by atoms with E-state index < -0.39 is 0 Å². The normalized spacial score (nSPS) is 24.0. The number of hydrogen-bond donors (Lipinski definition) is 1.